The number of hydrogen-bond acceptors (Lipinski definition) is 1. The van der Waals surface area contributed by atoms with Crippen LogP contribution in [0.4, 0.5) is 0 Å². The number of benzene rings is 1. The van der Waals surface area contributed by atoms with Gasteiger partial charge >= 0.3 is 0 Å². The highest BCUT2D eigenvalue weighted by molar-refractivity contribution is 5.28. The second-order valence-corrected chi connectivity index (χ2v) is 6.25. The fourth-order valence-corrected chi connectivity index (χ4v) is 2.63. The molecule has 1 nitrogen and oxygen atoms in total. The lowest BCUT2D eigenvalue weighted by atomic mass is 9.79. The van der Waals surface area contributed by atoms with Crippen LogP contribution in [0, 0.1) is 5.92 Å². The van der Waals surface area contributed by atoms with Gasteiger partial charge in [0.05, 0.1) is 0 Å². The van der Waals surface area contributed by atoms with Crippen molar-refractivity contribution in [2.75, 3.05) is 6.54 Å². The lowest BCUT2D eigenvalue weighted by Gasteiger charge is -2.26. The molecule has 100 valence electrons. The summed E-state index contributed by atoms with van der Waals surface area (Å²) < 4.78 is 0. The fraction of sp³-hybridized carbons (Fsp3) is 0.647. The highest BCUT2D eigenvalue weighted by Crippen LogP contribution is 2.36. The zero-order valence-corrected chi connectivity index (χ0v) is 12.1. The van der Waals surface area contributed by atoms with Crippen LogP contribution in [0.3, 0.4) is 0 Å². The van der Waals surface area contributed by atoms with Crippen molar-refractivity contribution in [2.24, 2.45) is 5.92 Å². The van der Waals surface area contributed by atoms with Crippen molar-refractivity contribution in [1.82, 2.24) is 5.32 Å². The van der Waals surface area contributed by atoms with Crippen molar-refractivity contribution in [2.45, 2.75) is 58.4 Å². The van der Waals surface area contributed by atoms with E-state index < -0.39 is 0 Å². The minimum atomic E-state index is 0.591. The summed E-state index contributed by atoms with van der Waals surface area (Å²) in [5.74, 6) is 1.57. The highest BCUT2D eigenvalue weighted by atomic mass is 14.9. The monoisotopic (exact) mass is 245 g/mol. The molecular formula is C17H27N. The van der Waals surface area contributed by atoms with E-state index in [1.165, 1.54) is 31.2 Å². The lowest BCUT2D eigenvalue weighted by Crippen LogP contribution is -2.28. The van der Waals surface area contributed by atoms with Gasteiger partial charge in [0.1, 0.15) is 0 Å². The van der Waals surface area contributed by atoms with Crippen LogP contribution in [0.5, 0.6) is 0 Å². The average molecular weight is 245 g/mol. The number of rotatable bonds is 6. The minimum absolute atomic E-state index is 0.591. The summed E-state index contributed by atoms with van der Waals surface area (Å²) in [6, 6.07) is 9.87. The summed E-state index contributed by atoms with van der Waals surface area (Å²) in [5, 5.41) is 3.53. The lowest BCUT2D eigenvalue weighted by molar-refractivity contribution is 0.419. The molecule has 1 fully saturated rings. The summed E-state index contributed by atoms with van der Waals surface area (Å²) in [6.45, 7) is 7.88. The molecule has 1 aliphatic carbocycles. The molecule has 0 amide bonds. The summed E-state index contributed by atoms with van der Waals surface area (Å²) in [5.41, 5.74) is 3.08. The van der Waals surface area contributed by atoms with E-state index in [0.29, 0.717) is 12.0 Å². The quantitative estimate of drug-likeness (QED) is 0.794. The predicted octanol–water partition coefficient (Wildman–Crippen LogP) is 4.13. The normalized spacial score (nSPS) is 17.8. The van der Waals surface area contributed by atoms with E-state index in [2.05, 4.69) is 50.4 Å². The molecule has 0 saturated heterocycles. The van der Waals surface area contributed by atoms with Crippen molar-refractivity contribution in [3.63, 3.8) is 0 Å². The molecule has 1 saturated carbocycles. The maximum absolute atomic E-state index is 3.53. The topological polar surface area (TPSA) is 12.0 Å². The van der Waals surface area contributed by atoms with Gasteiger partial charge in [-0.05, 0) is 48.8 Å². The first-order chi connectivity index (χ1) is 8.65. The second-order valence-electron chi connectivity index (χ2n) is 6.25. The highest BCUT2D eigenvalue weighted by Gasteiger charge is 2.19. The van der Waals surface area contributed by atoms with Crippen LogP contribution in [-0.4, -0.2) is 12.6 Å². The first kappa shape index (κ1) is 13.6. The Kier molecular flexibility index (Phi) is 4.82. The second kappa shape index (κ2) is 6.38. The van der Waals surface area contributed by atoms with E-state index in [4.69, 9.17) is 0 Å². The Labute approximate surface area is 112 Å². The van der Waals surface area contributed by atoms with E-state index in [-0.39, 0.29) is 0 Å². The van der Waals surface area contributed by atoms with Gasteiger partial charge in [0.2, 0.25) is 0 Å². The molecule has 1 heteroatoms. The average Bonchev–Trinajstić information content (AvgIpc) is 2.24. The maximum Gasteiger partial charge on any atom is 0.00104 e. The number of hydrogen-bond donors (Lipinski definition) is 1. The van der Waals surface area contributed by atoms with Gasteiger partial charge in [-0.2, -0.15) is 0 Å². The molecule has 2 rings (SSSR count). The number of nitrogens with one attached hydrogen (secondary N) is 1. The molecule has 0 aliphatic heterocycles. The van der Waals surface area contributed by atoms with Crippen LogP contribution in [0.15, 0.2) is 24.3 Å². The first-order valence-corrected chi connectivity index (χ1v) is 7.47. The van der Waals surface area contributed by atoms with E-state index in [1.54, 1.807) is 5.56 Å². The van der Waals surface area contributed by atoms with Gasteiger partial charge in [0, 0.05) is 6.04 Å². The van der Waals surface area contributed by atoms with Crippen molar-refractivity contribution in [1.29, 1.82) is 0 Å². The largest absolute Gasteiger partial charge is 0.314 e. The van der Waals surface area contributed by atoms with Gasteiger partial charge in [-0.15, -0.1) is 0 Å². The summed E-state index contributed by atoms with van der Waals surface area (Å²) in [6.07, 6.45) is 5.41. The van der Waals surface area contributed by atoms with Crippen LogP contribution in [0.2, 0.25) is 0 Å². The van der Waals surface area contributed by atoms with E-state index in [1.807, 2.05) is 0 Å². The zero-order valence-electron chi connectivity index (χ0n) is 12.1. The molecule has 0 heterocycles. The van der Waals surface area contributed by atoms with Crippen LogP contribution < -0.4 is 5.32 Å². The van der Waals surface area contributed by atoms with E-state index in [0.717, 1.165) is 12.5 Å². The molecule has 1 aliphatic rings. The molecule has 0 spiro atoms. The molecule has 18 heavy (non-hydrogen) atoms. The molecule has 0 aromatic heterocycles. The Bertz CT molecular complexity index is 366. The van der Waals surface area contributed by atoms with Gasteiger partial charge in [-0.3, -0.25) is 0 Å². The van der Waals surface area contributed by atoms with Crippen LogP contribution in [0.25, 0.3) is 0 Å². The SMILES string of the molecule is CC(CNC(C)C)Cc1cccc(C2CCC2)c1. The molecular weight excluding hydrogens is 218 g/mol. The van der Waals surface area contributed by atoms with Crippen LogP contribution in [0.1, 0.15) is 57.1 Å². The van der Waals surface area contributed by atoms with Gasteiger partial charge < -0.3 is 5.32 Å². The Morgan fingerprint density at radius 1 is 1.22 bits per heavy atom. The fourth-order valence-electron chi connectivity index (χ4n) is 2.63. The van der Waals surface area contributed by atoms with Crippen molar-refractivity contribution in [3.8, 4) is 0 Å². The maximum atomic E-state index is 3.53. The molecule has 1 aromatic carbocycles. The molecule has 1 unspecified atom stereocenters. The Morgan fingerprint density at radius 2 is 2.00 bits per heavy atom. The Balaban J connectivity index is 1.88. The van der Waals surface area contributed by atoms with E-state index >= 15 is 0 Å². The Morgan fingerprint density at radius 3 is 2.61 bits per heavy atom. The smallest absolute Gasteiger partial charge is 0.00104 e. The standard InChI is InChI=1S/C17H27N/c1-13(2)18-12-14(3)10-15-6-4-9-17(11-15)16-7-5-8-16/h4,6,9,11,13-14,16,18H,5,7-8,10,12H2,1-3H3. The first-order valence-electron chi connectivity index (χ1n) is 7.47. The Hall–Kier alpha value is -0.820. The van der Waals surface area contributed by atoms with Crippen LogP contribution >= 0.6 is 0 Å². The van der Waals surface area contributed by atoms with Gasteiger partial charge in [-0.1, -0.05) is 51.5 Å². The van der Waals surface area contributed by atoms with E-state index in [9.17, 15) is 0 Å². The predicted molar refractivity (Wildman–Crippen MR) is 79.0 cm³/mol. The van der Waals surface area contributed by atoms with Gasteiger partial charge in [0.25, 0.3) is 0 Å². The van der Waals surface area contributed by atoms with Crippen molar-refractivity contribution in [3.05, 3.63) is 35.4 Å². The third-order valence-corrected chi connectivity index (χ3v) is 3.99. The molecule has 1 aromatic rings. The molecule has 1 N–H and O–H groups in total. The molecule has 1 atom stereocenters. The van der Waals surface area contributed by atoms with Crippen molar-refractivity contribution >= 4 is 0 Å². The van der Waals surface area contributed by atoms with Gasteiger partial charge in [-0.25, -0.2) is 0 Å². The third-order valence-electron chi connectivity index (χ3n) is 3.99. The van der Waals surface area contributed by atoms with Crippen molar-refractivity contribution < 1.29 is 0 Å². The minimum Gasteiger partial charge on any atom is -0.314 e. The van der Waals surface area contributed by atoms with Crippen LogP contribution in [-0.2, 0) is 6.42 Å². The molecule has 0 radical (unpaired) electrons. The van der Waals surface area contributed by atoms with Gasteiger partial charge in [0.15, 0.2) is 0 Å². The third kappa shape index (κ3) is 3.84. The summed E-state index contributed by atoms with van der Waals surface area (Å²) >= 11 is 0. The summed E-state index contributed by atoms with van der Waals surface area (Å²) in [4.78, 5) is 0. The molecule has 0 bridgehead atoms. The summed E-state index contributed by atoms with van der Waals surface area (Å²) in [7, 11) is 0. The zero-order chi connectivity index (χ0) is 13.0.